The number of hydrogen-bond donors (Lipinski definition) is 2. The average Bonchev–Trinajstić information content (AvgIpc) is 2.37. The van der Waals surface area contributed by atoms with Gasteiger partial charge in [0.1, 0.15) is 11.6 Å². The summed E-state index contributed by atoms with van der Waals surface area (Å²) in [4.78, 5) is 11.9. The molecule has 1 amide bonds. The summed E-state index contributed by atoms with van der Waals surface area (Å²) in [5.41, 5.74) is 1.43. The summed E-state index contributed by atoms with van der Waals surface area (Å²) in [6.45, 7) is 1.73. The molecule has 0 spiro atoms. The molecule has 19 heavy (non-hydrogen) atoms. The molecule has 0 saturated heterocycles. The fraction of sp³-hybridized carbons (Fsp3) is 0.0714. The van der Waals surface area contributed by atoms with E-state index in [1.165, 1.54) is 18.2 Å². The monoisotopic (exact) mass is 323 g/mol. The second-order valence-electron chi connectivity index (χ2n) is 4.08. The van der Waals surface area contributed by atoms with E-state index in [2.05, 4.69) is 21.2 Å². The van der Waals surface area contributed by atoms with E-state index in [1.807, 2.05) is 0 Å². The van der Waals surface area contributed by atoms with E-state index >= 15 is 0 Å². The molecule has 0 heterocycles. The van der Waals surface area contributed by atoms with Crippen LogP contribution in [0.2, 0.25) is 0 Å². The first-order chi connectivity index (χ1) is 8.97. The fourth-order valence-corrected chi connectivity index (χ4v) is 1.82. The van der Waals surface area contributed by atoms with Crippen LogP contribution in [0.3, 0.4) is 0 Å². The van der Waals surface area contributed by atoms with Gasteiger partial charge in [0.25, 0.3) is 5.91 Å². The lowest BCUT2D eigenvalue weighted by Crippen LogP contribution is -2.12. The van der Waals surface area contributed by atoms with Gasteiger partial charge in [-0.3, -0.25) is 4.79 Å². The topological polar surface area (TPSA) is 49.3 Å². The van der Waals surface area contributed by atoms with Crippen molar-refractivity contribution < 1.29 is 14.3 Å². The lowest BCUT2D eigenvalue weighted by atomic mass is 10.1. The van der Waals surface area contributed by atoms with Crippen molar-refractivity contribution in [3.63, 3.8) is 0 Å². The van der Waals surface area contributed by atoms with Crippen LogP contribution in [0.5, 0.6) is 5.75 Å². The summed E-state index contributed by atoms with van der Waals surface area (Å²) in [5, 5.41) is 12.0. The molecule has 2 N–H and O–H groups in total. The second-order valence-corrected chi connectivity index (χ2v) is 4.94. The number of phenolic OH excluding ortho intramolecular Hbond substituents is 1. The SMILES string of the molecule is Cc1cc(NC(=O)c2ccc(Br)c(F)c2)ccc1O. The van der Waals surface area contributed by atoms with E-state index in [9.17, 15) is 14.3 Å². The summed E-state index contributed by atoms with van der Waals surface area (Å²) in [5.74, 6) is -0.737. The minimum atomic E-state index is -0.491. The van der Waals surface area contributed by atoms with Gasteiger partial charge in [0, 0.05) is 11.3 Å². The third-order valence-electron chi connectivity index (χ3n) is 2.64. The molecule has 3 nitrogen and oxygen atoms in total. The number of phenols is 1. The summed E-state index contributed by atoms with van der Waals surface area (Å²) in [6, 6.07) is 8.87. The van der Waals surface area contributed by atoms with E-state index < -0.39 is 11.7 Å². The van der Waals surface area contributed by atoms with Gasteiger partial charge in [-0.25, -0.2) is 4.39 Å². The number of aromatic hydroxyl groups is 1. The Kier molecular flexibility index (Phi) is 3.85. The molecule has 98 valence electrons. The van der Waals surface area contributed by atoms with Gasteiger partial charge in [-0.1, -0.05) is 0 Å². The molecule has 0 bridgehead atoms. The van der Waals surface area contributed by atoms with Gasteiger partial charge in [-0.15, -0.1) is 0 Å². The molecule has 0 aliphatic rings. The molecule has 0 aliphatic heterocycles. The fourth-order valence-electron chi connectivity index (χ4n) is 1.57. The largest absolute Gasteiger partial charge is 0.508 e. The van der Waals surface area contributed by atoms with Crippen molar-refractivity contribution in [1.82, 2.24) is 0 Å². The molecule has 0 atom stereocenters. The number of nitrogens with one attached hydrogen (secondary N) is 1. The van der Waals surface area contributed by atoms with Crippen molar-refractivity contribution in [2.45, 2.75) is 6.92 Å². The van der Waals surface area contributed by atoms with Crippen LogP contribution in [0.1, 0.15) is 15.9 Å². The second kappa shape index (κ2) is 5.40. The van der Waals surface area contributed by atoms with Crippen molar-refractivity contribution in [1.29, 1.82) is 0 Å². The molecule has 2 aromatic rings. The minimum Gasteiger partial charge on any atom is -0.508 e. The van der Waals surface area contributed by atoms with Gasteiger partial charge in [0.2, 0.25) is 0 Å². The maximum Gasteiger partial charge on any atom is 0.255 e. The van der Waals surface area contributed by atoms with E-state index in [0.29, 0.717) is 15.7 Å². The summed E-state index contributed by atoms with van der Waals surface area (Å²) in [6.07, 6.45) is 0. The molecule has 0 unspecified atom stereocenters. The van der Waals surface area contributed by atoms with Crippen molar-refractivity contribution >= 4 is 27.5 Å². The Bertz CT molecular complexity index is 643. The first kappa shape index (κ1) is 13.5. The molecular weight excluding hydrogens is 313 g/mol. The molecule has 5 heteroatoms. The third-order valence-corrected chi connectivity index (χ3v) is 3.28. The highest BCUT2D eigenvalue weighted by Crippen LogP contribution is 2.21. The molecule has 0 saturated carbocycles. The lowest BCUT2D eigenvalue weighted by Gasteiger charge is -2.07. The Morgan fingerprint density at radius 3 is 2.63 bits per heavy atom. The number of carbonyl (C=O) groups is 1. The van der Waals surface area contributed by atoms with E-state index in [1.54, 1.807) is 19.1 Å². The highest BCUT2D eigenvalue weighted by atomic mass is 79.9. The smallest absolute Gasteiger partial charge is 0.255 e. The Labute approximate surface area is 118 Å². The summed E-state index contributed by atoms with van der Waals surface area (Å²) < 4.78 is 13.6. The molecule has 0 fully saturated rings. The Morgan fingerprint density at radius 2 is 2.00 bits per heavy atom. The van der Waals surface area contributed by atoms with Gasteiger partial charge < -0.3 is 10.4 Å². The van der Waals surface area contributed by atoms with Crippen molar-refractivity contribution in [3.8, 4) is 5.75 Å². The first-order valence-corrected chi connectivity index (χ1v) is 6.32. The van der Waals surface area contributed by atoms with E-state index in [0.717, 1.165) is 6.07 Å². The average molecular weight is 324 g/mol. The highest BCUT2D eigenvalue weighted by molar-refractivity contribution is 9.10. The highest BCUT2D eigenvalue weighted by Gasteiger charge is 2.09. The van der Waals surface area contributed by atoms with Crippen molar-refractivity contribution in [3.05, 3.63) is 57.8 Å². The molecule has 0 aliphatic carbocycles. The maximum atomic E-state index is 13.3. The number of rotatable bonds is 2. The molecule has 0 radical (unpaired) electrons. The van der Waals surface area contributed by atoms with Gasteiger partial charge in [0.05, 0.1) is 4.47 Å². The summed E-state index contributed by atoms with van der Waals surface area (Å²) >= 11 is 3.03. The summed E-state index contributed by atoms with van der Waals surface area (Å²) in [7, 11) is 0. The van der Waals surface area contributed by atoms with Gasteiger partial charge in [-0.05, 0) is 64.8 Å². The number of amides is 1. The lowest BCUT2D eigenvalue weighted by molar-refractivity contribution is 0.102. The van der Waals surface area contributed by atoms with Crippen LogP contribution in [0.25, 0.3) is 0 Å². The van der Waals surface area contributed by atoms with Crippen LogP contribution >= 0.6 is 15.9 Å². The number of aryl methyl sites for hydroxylation is 1. The van der Waals surface area contributed by atoms with Crippen LogP contribution in [0, 0.1) is 12.7 Å². The number of halogens is 2. The molecule has 2 aromatic carbocycles. The predicted octanol–water partition coefficient (Wildman–Crippen LogP) is 3.85. The quantitative estimate of drug-likeness (QED) is 0.824. The minimum absolute atomic E-state index is 0.160. The zero-order valence-corrected chi connectivity index (χ0v) is 11.7. The van der Waals surface area contributed by atoms with Crippen molar-refractivity contribution in [2.75, 3.05) is 5.32 Å². The van der Waals surface area contributed by atoms with Gasteiger partial charge in [0.15, 0.2) is 0 Å². The normalized spacial score (nSPS) is 10.3. The van der Waals surface area contributed by atoms with Gasteiger partial charge in [-0.2, -0.15) is 0 Å². The van der Waals surface area contributed by atoms with Crippen LogP contribution in [-0.4, -0.2) is 11.0 Å². The molecular formula is C14H11BrFNO2. The molecule has 0 aromatic heterocycles. The first-order valence-electron chi connectivity index (χ1n) is 5.53. The Hall–Kier alpha value is -1.88. The standard InChI is InChI=1S/C14H11BrFNO2/c1-8-6-10(3-5-13(8)18)17-14(19)9-2-4-11(15)12(16)7-9/h2-7,18H,1H3,(H,17,19). The van der Waals surface area contributed by atoms with Crippen LogP contribution < -0.4 is 5.32 Å². The van der Waals surface area contributed by atoms with Crippen molar-refractivity contribution in [2.24, 2.45) is 0 Å². The zero-order valence-electron chi connectivity index (χ0n) is 10.1. The van der Waals surface area contributed by atoms with Crippen LogP contribution in [-0.2, 0) is 0 Å². The number of anilines is 1. The number of hydrogen-bond acceptors (Lipinski definition) is 2. The van der Waals surface area contributed by atoms with Gasteiger partial charge >= 0.3 is 0 Å². The van der Waals surface area contributed by atoms with Crippen LogP contribution in [0.4, 0.5) is 10.1 Å². The third kappa shape index (κ3) is 3.12. The predicted molar refractivity (Wildman–Crippen MR) is 74.9 cm³/mol. The maximum absolute atomic E-state index is 13.3. The number of carbonyl (C=O) groups excluding carboxylic acids is 1. The molecule has 2 rings (SSSR count). The Balaban J connectivity index is 2.20. The van der Waals surface area contributed by atoms with Crippen LogP contribution in [0.15, 0.2) is 40.9 Å². The Morgan fingerprint density at radius 1 is 1.26 bits per heavy atom. The van der Waals surface area contributed by atoms with E-state index in [4.69, 9.17) is 0 Å². The van der Waals surface area contributed by atoms with E-state index in [-0.39, 0.29) is 11.3 Å². The number of benzene rings is 2. The zero-order chi connectivity index (χ0) is 14.0.